The Kier molecular flexibility index (Phi) is 9.05. The van der Waals surface area contributed by atoms with Crippen molar-refractivity contribution >= 4 is 46.9 Å². The molecule has 0 heterocycles. The van der Waals surface area contributed by atoms with Gasteiger partial charge in [0.25, 0.3) is 5.91 Å². The van der Waals surface area contributed by atoms with E-state index in [1.54, 1.807) is 61.5 Å². The maximum absolute atomic E-state index is 12.3. The van der Waals surface area contributed by atoms with Gasteiger partial charge in [-0.3, -0.25) is 4.79 Å². The average molecular weight is 522 g/mol. The van der Waals surface area contributed by atoms with Crippen LogP contribution in [0.15, 0.2) is 59.7 Å². The SMILES string of the molecule is COc1cc(C=NNC(=O)[C@H](C)Oc2ccc(Cl)cc2C)ccc1OCc1c(Cl)cccc1Cl. The molecular weight excluding hydrogens is 499 g/mol. The molecule has 0 aliphatic rings. The van der Waals surface area contributed by atoms with Gasteiger partial charge in [0, 0.05) is 20.6 Å². The predicted octanol–water partition coefficient (Wildman–Crippen LogP) is 6.46. The molecule has 3 aromatic carbocycles. The molecule has 9 heteroatoms. The van der Waals surface area contributed by atoms with Gasteiger partial charge in [-0.05, 0) is 73.5 Å². The number of hydrogen-bond donors (Lipinski definition) is 1. The summed E-state index contributed by atoms with van der Waals surface area (Å²) in [5.41, 5.74) is 4.69. The first-order valence-corrected chi connectivity index (χ1v) is 11.4. The Morgan fingerprint density at radius 2 is 1.74 bits per heavy atom. The highest BCUT2D eigenvalue weighted by Gasteiger charge is 2.15. The second kappa shape index (κ2) is 12.0. The molecule has 0 fully saturated rings. The van der Waals surface area contributed by atoms with Gasteiger partial charge in [-0.1, -0.05) is 40.9 Å². The maximum Gasteiger partial charge on any atom is 0.280 e. The third kappa shape index (κ3) is 6.79. The number of amides is 1. The van der Waals surface area contributed by atoms with E-state index in [9.17, 15) is 4.79 Å². The summed E-state index contributed by atoms with van der Waals surface area (Å²) in [5.74, 6) is 1.19. The number of carbonyl (C=O) groups excluding carboxylic acids is 1. The van der Waals surface area contributed by atoms with E-state index in [0.29, 0.717) is 43.4 Å². The number of ether oxygens (including phenoxy) is 3. The third-order valence-electron chi connectivity index (χ3n) is 4.82. The molecule has 34 heavy (non-hydrogen) atoms. The summed E-state index contributed by atoms with van der Waals surface area (Å²) in [6.45, 7) is 3.68. The minimum atomic E-state index is -0.751. The lowest BCUT2D eigenvalue weighted by atomic mass is 10.2. The van der Waals surface area contributed by atoms with Crippen LogP contribution < -0.4 is 19.6 Å². The Balaban J connectivity index is 1.59. The largest absolute Gasteiger partial charge is 0.493 e. The van der Waals surface area contributed by atoms with Gasteiger partial charge in [0.15, 0.2) is 17.6 Å². The van der Waals surface area contributed by atoms with E-state index >= 15 is 0 Å². The van der Waals surface area contributed by atoms with Crippen LogP contribution in [0.3, 0.4) is 0 Å². The number of hydrogen-bond acceptors (Lipinski definition) is 5. The summed E-state index contributed by atoms with van der Waals surface area (Å²) < 4.78 is 17.0. The quantitative estimate of drug-likeness (QED) is 0.259. The van der Waals surface area contributed by atoms with E-state index < -0.39 is 12.0 Å². The molecule has 0 bridgehead atoms. The minimum Gasteiger partial charge on any atom is -0.493 e. The predicted molar refractivity (Wildman–Crippen MR) is 136 cm³/mol. The lowest BCUT2D eigenvalue weighted by Gasteiger charge is -2.15. The number of hydrazone groups is 1. The summed E-state index contributed by atoms with van der Waals surface area (Å²) in [6, 6.07) is 15.7. The van der Waals surface area contributed by atoms with Crippen molar-refractivity contribution in [1.82, 2.24) is 5.43 Å². The van der Waals surface area contributed by atoms with Crippen LogP contribution in [0.4, 0.5) is 0 Å². The van der Waals surface area contributed by atoms with Crippen LogP contribution in [-0.2, 0) is 11.4 Å². The van der Waals surface area contributed by atoms with Crippen LogP contribution in [0.5, 0.6) is 17.2 Å². The lowest BCUT2D eigenvalue weighted by Crippen LogP contribution is -2.33. The molecule has 0 aliphatic carbocycles. The first-order valence-electron chi connectivity index (χ1n) is 10.3. The monoisotopic (exact) mass is 520 g/mol. The first-order chi connectivity index (χ1) is 16.3. The fourth-order valence-corrected chi connectivity index (χ4v) is 3.69. The summed E-state index contributed by atoms with van der Waals surface area (Å²) >= 11 is 18.3. The zero-order valence-corrected chi connectivity index (χ0v) is 21.0. The van der Waals surface area contributed by atoms with E-state index in [1.807, 2.05) is 6.92 Å². The van der Waals surface area contributed by atoms with Crippen molar-refractivity contribution in [2.75, 3.05) is 7.11 Å². The first kappa shape index (κ1) is 25.7. The molecule has 0 spiro atoms. The number of rotatable bonds is 9. The number of methoxy groups -OCH3 is 1. The van der Waals surface area contributed by atoms with Gasteiger partial charge in [-0.25, -0.2) is 5.43 Å². The summed E-state index contributed by atoms with van der Waals surface area (Å²) in [5, 5.41) is 5.66. The van der Waals surface area contributed by atoms with Crippen molar-refractivity contribution in [2.45, 2.75) is 26.6 Å². The molecule has 0 aliphatic heterocycles. The van der Waals surface area contributed by atoms with Crippen molar-refractivity contribution in [3.8, 4) is 17.2 Å². The van der Waals surface area contributed by atoms with Gasteiger partial charge < -0.3 is 14.2 Å². The highest BCUT2D eigenvalue weighted by atomic mass is 35.5. The van der Waals surface area contributed by atoms with Crippen LogP contribution >= 0.6 is 34.8 Å². The minimum absolute atomic E-state index is 0.184. The van der Waals surface area contributed by atoms with Crippen molar-refractivity contribution in [3.63, 3.8) is 0 Å². The van der Waals surface area contributed by atoms with Crippen LogP contribution in [0, 0.1) is 6.92 Å². The molecule has 0 saturated carbocycles. The smallest absolute Gasteiger partial charge is 0.280 e. The third-order valence-corrected chi connectivity index (χ3v) is 5.76. The second-order valence-electron chi connectivity index (χ2n) is 7.30. The molecule has 1 amide bonds. The normalized spacial score (nSPS) is 11.8. The Bertz CT molecular complexity index is 1180. The number of halogens is 3. The molecule has 0 radical (unpaired) electrons. The Labute approximate surface area is 213 Å². The molecule has 1 atom stereocenters. The Hall–Kier alpha value is -2.93. The fraction of sp³-hybridized carbons (Fsp3) is 0.200. The molecule has 3 aromatic rings. The second-order valence-corrected chi connectivity index (χ2v) is 8.55. The zero-order valence-electron chi connectivity index (χ0n) is 18.8. The lowest BCUT2D eigenvalue weighted by molar-refractivity contribution is -0.127. The van der Waals surface area contributed by atoms with Gasteiger partial charge in [0.1, 0.15) is 12.4 Å². The van der Waals surface area contributed by atoms with Crippen molar-refractivity contribution in [1.29, 1.82) is 0 Å². The summed E-state index contributed by atoms with van der Waals surface area (Å²) in [7, 11) is 1.53. The van der Waals surface area contributed by atoms with Gasteiger partial charge in [0.05, 0.1) is 13.3 Å². The molecule has 3 rings (SSSR count). The van der Waals surface area contributed by atoms with Crippen LogP contribution in [-0.4, -0.2) is 25.3 Å². The van der Waals surface area contributed by atoms with E-state index in [2.05, 4.69) is 10.5 Å². The topological polar surface area (TPSA) is 69.2 Å². The molecule has 0 aromatic heterocycles. The van der Waals surface area contributed by atoms with Gasteiger partial charge in [-0.2, -0.15) is 5.10 Å². The maximum atomic E-state index is 12.3. The van der Waals surface area contributed by atoms with Gasteiger partial charge >= 0.3 is 0 Å². The fourth-order valence-electron chi connectivity index (χ4n) is 2.95. The molecule has 178 valence electrons. The van der Waals surface area contributed by atoms with E-state index in [-0.39, 0.29) is 6.61 Å². The number of nitrogens with zero attached hydrogens (tertiary/aromatic N) is 1. The van der Waals surface area contributed by atoms with Crippen molar-refractivity contribution in [3.05, 3.63) is 86.4 Å². The van der Waals surface area contributed by atoms with Crippen LogP contribution in [0.2, 0.25) is 15.1 Å². The van der Waals surface area contributed by atoms with Crippen molar-refractivity contribution in [2.24, 2.45) is 5.10 Å². The average Bonchev–Trinajstić information content (AvgIpc) is 2.81. The molecule has 1 N–H and O–H groups in total. The molecule has 0 unspecified atom stereocenters. The zero-order chi connectivity index (χ0) is 24.7. The number of nitrogens with one attached hydrogen (secondary N) is 1. The van der Waals surface area contributed by atoms with Gasteiger partial charge in [-0.15, -0.1) is 0 Å². The summed E-state index contributed by atoms with van der Waals surface area (Å²) in [4.78, 5) is 12.3. The number of aryl methyl sites for hydroxylation is 1. The van der Waals surface area contributed by atoms with E-state index in [4.69, 9.17) is 49.0 Å². The van der Waals surface area contributed by atoms with Crippen molar-refractivity contribution < 1.29 is 19.0 Å². The Morgan fingerprint density at radius 3 is 2.41 bits per heavy atom. The molecule has 6 nitrogen and oxygen atoms in total. The van der Waals surface area contributed by atoms with Crippen LogP contribution in [0.1, 0.15) is 23.6 Å². The summed E-state index contributed by atoms with van der Waals surface area (Å²) in [6.07, 6.45) is 0.744. The number of carbonyl (C=O) groups is 1. The number of benzene rings is 3. The Morgan fingerprint density at radius 1 is 1.03 bits per heavy atom. The molecule has 0 saturated heterocycles. The van der Waals surface area contributed by atoms with E-state index in [0.717, 1.165) is 5.56 Å². The highest BCUT2D eigenvalue weighted by Crippen LogP contribution is 2.31. The van der Waals surface area contributed by atoms with Crippen LogP contribution in [0.25, 0.3) is 0 Å². The standard InChI is InChI=1S/C25H23Cl3N2O4/c1-15-11-18(26)8-10-22(15)34-16(2)25(31)30-29-13-17-7-9-23(24(12-17)32-3)33-14-19-20(27)5-4-6-21(19)28/h4-13,16H,14H2,1-3H3,(H,30,31)/t16-/m0/s1. The van der Waals surface area contributed by atoms with Gasteiger partial charge in [0.2, 0.25) is 0 Å². The molecular formula is C25H23Cl3N2O4. The van der Waals surface area contributed by atoms with E-state index in [1.165, 1.54) is 13.3 Å². The highest BCUT2D eigenvalue weighted by molar-refractivity contribution is 6.36.